The Bertz CT molecular complexity index is 826. The number of rotatable bonds is 4. The van der Waals surface area contributed by atoms with E-state index < -0.39 is 0 Å². The van der Waals surface area contributed by atoms with E-state index in [-0.39, 0.29) is 12.5 Å². The molecule has 0 unspecified atom stereocenters. The molecule has 22 heavy (non-hydrogen) atoms. The number of aryl methyl sites for hydroxylation is 2. The summed E-state index contributed by atoms with van der Waals surface area (Å²) in [5, 5.41) is 7.00. The van der Waals surface area contributed by atoms with Gasteiger partial charge in [0.1, 0.15) is 11.6 Å². The number of fused-ring (bicyclic) bond motifs is 1. The van der Waals surface area contributed by atoms with Crippen LogP contribution in [0.4, 0.5) is 5.69 Å². The highest BCUT2D eigenvalue weighted by molar-refractivity contribution is 5.95. The van der Waals surface area contributed by atoms with Gasteiger partial charge in [0.15, 0.2) is 12.3 Å². The molecule has 6 heteroatoms. The molecule has 112 valence electrons. The Labute approximate surface area is 127 Å². The number of nitrogens with one attached hydrogen (secondary N) is 1. The fourth-order valence-electron chi connectivity index (χ4n) is 2.15. The summed E-state index contributed by atoms with van der Waals surface area (Å²) in [7, 11) is 0. The highest BCUT2D eigenvalue weighted by atomic mass is 16.5. The second kappa shape index (κ2) is 5.85. The van der Waals surface area contributed by atoms with Crippen molar-refractivity contribution >= 4 is 17.2 Å². The van der Waals surface area contributed by atoms with E-state index in [2.05, 4.69) is 15.4 Å². The number of amides is 1. The Hall–Kier alpha value is -2.89. The first-order valence-corrected chi connectivity index (χ1v) is 6.93. The molecule has 3 rings (SSSR count). The van der Waals surface area contributed by atoms with Crippen LogP contribution in [0.15, 0.2) is 42.6 Å². The van der Waals surface area contributed by atoms with Crippen molar-refractivity contribution in [3.05, 3.63) is 54.0 Å². The van der Waals surface area contributed by atoms with E-state index in [1.807, 2.05) is 31.2 Å². The summed E-state index contributed by atoms with van der Waals surface area (Å²) in [6.45, 7) is 3.72. The highest BCUT2D eigenvalue weighted by Crippen LogP contribution is 2.15. The molecule has 0 saturated heterocycles. The molecule has 0 aliphatic rings. The van der Waals surface area contributed by atoms with E-state index in [1.54, 1.807) is 29.8 Å². The lowest BCUT2D eigenvalue weighted by atomic mass is 10.2. The van der Waals surface area contributed by atoms with Crippen LogP contribution in [0.2, 0.25) is 0 Å². The average Bonchev–Trinajstić information content (AvgIpc) is 2.87. The smallest absolute Gasteiger partial charge is 0.262 e. The number of anilines is 1. The Morgan fingerprint density at radius 1 is 1.27 bits per heavy atom. The molecule has 2 aromatic heterocycles. The monoisotopic (exact) mass is 296 g/mol. The number of pyridine rings is 1. The summed E-state index contributed by atoms with van der Waals surface area (Å²) in [6.07, 6.45) is 1.79. The lowest BCUT2D eigenvalue weighted by molar-refractivity contribution is -0.118. The van der Waals surface area contributed by atoms with Crippen LogP contribution < -0.4 is 10.1 Å². The number of ether oxygens (including phenoxy) is 1. The van der Waals surface area contributed by atoms with E-state index in [1.165, 1.54) is 0 Å². The van der Waals surface area contributed by atoms with Crippen molar-refractivity contribution < 1.29 is 9.53 Å². The Morgan fingerprint density at radius 3 is 2.95 bits per heavy atom. The zero-order chi connectivity index (χ0) is 15.5. The minimum Gasteiger partial charge on any atom is -0.484 e. The molecule has 1 aromatic carbocycles. The Kier molecular flexibility index (Phi) is 3.74. The van der Waals surface area contributed by atoms with Crippen molar-refractivity contribution in [3.63, 3.8) is 0 Å². The topological polar surface area (TPSA) is 68.5 Å². The molecule has 0 aliphatic carbocycles. The molecule has 3 aromatic rings. The molecule has 0 spiro atoms. The summed E-state index contributed by atoms with van der Waals surface area (Å²) in [6, 6.07) is 11.2. The van der Waals surface area contributed by atoms with Gasteiger partial charge in [-0.05, 0) is 43.7 Å². The molecule has 0 saturated carbocycles. The Morgan fingerprint density at radius 2 is 2.14 bits per heavy atom. The first-order valence-electron chi connectivity index (χ1n) is 6.93. The van der Waals surface area contributed by atoms with Gasteiger partial charge in [-0.3, -0.25) is 4.79 Å². The van der Waals surface area contributed by atoms with Gasteiger partial charge in [-0.25, -0.2) is 9.50 Å². The van der Waals surface area contributed by atoms with Crippen LogP contribution in [-0.2, 0) is 4.79 Å². The lowest BCUT2D eigenvalue weighted by Gasteiger charge is -2.08. The third-order valence-electron chi connectivity index (χ3n) is 3.10. The SMILES string of the molecule is Cc1cccc(OCC(=O)Nc2cccn3nc(C)nc23)c1. The van der Waals surface area contributed by atoms with Gasteiger partial charge in [-0.15, -0.1) is 0 Å². The van der Waals surface area contributed by atoms with Crippen molar-refractivity contribution in [1.29, 1.82) is 0 Å². The predicted molar refractivity (Wildman–Crippen MR) is 83.0 cm³/mol. The Balaban J connectivity index is 1.68. The molecule has 0 fully saturated rings. The van der Waals surface area contributed by atoms with E-state index in [4.69, 9.17) is 4.74 Å². The van der Waals surface area contributed by atoms with Gasteiger partial charge in [0.05, 0.1) is 5.69 Å². The maximum atomic E-state index is 12.0. The van der Waals surface area contributed by atoms with Crippen molar-refractivity contribution in [2.24, 2.45) is 0 Å². The first kappa shape index (κ1) is 14.1. The molecule has 1 amide bonds. The number of aromatic nitrogens is 3. The van der Waals surface area contributed by atoms with Gasteiger partial charge < -0.3 is 10.1 Å². The standard InChI is InChI=1S/C16H16N4O2/c1-11-5-3-6-13(9-11)22-10-15(21)18-14-7-4-8-20-16(14)17-12(2)19-20/h3-9H,10H2,1-2H3,(H,18,21). The number of hydrogen-bond donors (Lipinski definition) is 1. The maximum Gasteiger partial charge on any atom is 0.262 e. The van der Waals surface area contributed by atoms with Gasteiger partial charge in [0.2, 0.25) is 0 Å². The van der Waals surface area contributed by atoms with Gasteiger partial charge >= 0.3 is 0 Å². The molecular weight excluding hydrogens is 280 g/mol. The summed E-state index contributed by atoms with van der Waals surface area (Å²) in [4.78, 5) is 16.3. The molecule has 0 radical (unpaired) electrons. The fraction of sp³-hybridized carbons (Fsp3) is 0.188. The van der Waals surface area contributed by atoms with Crippen LogP contribution in [0.25, 0.3) is 5.65 Å². The van der Waals surface area contributed by atoms with Crippen molar-refractivity contribution in [3.8, 4) is 5.75 Å². The molecular formula is C16H16N4O2. The molecule has 0 bridgehead atoms. The zero-order valence-electron chi connectivity index (χ0n) is 12.4. The van der Waals surface area contributed by atoms with E-state index in [9.17, 15) is 4.79 Å². The molecule has 1 N–H and O–H groups in total. The predicted octanol–water partition coefficient (Wildman–Crippen LogP) is 2.36. The minimum atomic E-state index is -0.241. The number of nitrogens with zero attached hydrogens (tertiary/aromatic N) is 3. The number of benzene rings is 1. The fourth-order valence-corrected chi connectivity index (χ4v) is 2.15. The first-order chi connectivity index (χ1) is 10.6. The molecule has 2 heterocycles. The van der Waals surface area contributed by atoms with Crippen molar-refractivity contribution in [2.75, 3.05) is 11.9 Å². The van der Waals surface area contributed by atoms with Crippen LogP contribution >= 0.6 is 0 Å². The van der Waals surface area contributed by atoms with Crippen molar-refractivity contribution in [1.82, 2.24) is 14.6 Å². The maximum absolute atomic E-state index is 12.0. The molecule has 0 aliphatic heterocycles. The van der Waals surface area contributed by atoms with E-state index >= 15 is 0 Å². The largest absolute Gasteiger partial charge is 0.484 e. The van der Waals surface area contributed by atoms with Crippen molar-refractivity contribution in [2.45, 2.75) is 13.8 Å². The third kappa shape index (κ3) is 3.06. The van der Waals surface area contributed by atoms with Crippen LogP contribution in [0.5, 0.6) is 5.75 Å². The van der Waals surface area contributed by atoms with E-state index in [0.29, 0.717) is 22.9 Å². The quantitative estimate of drug-likeness (QED) is 0.802. The highest BCUT2D eigenvalue weighted by Gasteiger charge is 2.09. The summed E-state index contributed by atoms with van der Waals surface area (Å²) < 4.78 is 7.11. The van der Waals surface area contributed by atoms with Crippen LogP contribution in [-0.4, -0.2) is 27.1 Å². The summed E-state index contributed by atoms with van der Waals surface area (Å²) >= 11 is 0. The van der Waals surface area contributed by atoms with Crippen LogP contribution in [0.1, 0.15) is 11.4 Å². The normalized spacial score (nSPS) is 10.6. The van der Waals surface area contributed by atoms with Crippen LogP contribution in [0.3, 0.4) is 0 Å². The van der Waals surface area contributed by atoms with Gasteiger partial charge in [-0.2, -0.15) is 5.10 Å². The van der Waals surface area contributed by atoms with Gasteiger partial charge in [0.25, 0.3) is 5.91 Å². The van der Waals surface area contributed by atoms with Crippen LogP contribution in [0, 0.1) is 13.8 Å². The third-order valence-corrected chi connectivity index (χ3v) is 3.10. The number of carbonyl (C=O) groups excluding carboxylic acids is 1. The van der Waals surface area contributed by atoms with E-state index in [0.717, 1.165) is 5.56 Å². The summed E-state index contributed by atoms with van der Waals surface area (Å²) in [5.41, 5.74) is 2.31. The average molecular weight is 296 g/mol. The van der Waals surface area contributed by atoms with Gasteiger partial charge in [-0.1, -0.05) is 12.1 Å². The number of carbonyl (C=O) groups is 1. The molecule has 0 atom stereocenters. The molecule has 6 nitrogen and oxygen atoms in total. The second-order valence-corrected chi connectivity index (χ2v) is 5.00. The van der Waals surface area contributed by atoms with Gasteiger partial charge in [0, 0.05) is 6.20 Å². The summed E-state index contributed by atoms with van der Waals surface area (Å²) in [5.74, 6) is 1.08. The lowest BCUT2D eigenvalue weighted by Crippen LogP contribution is -2.20. The minimum absolute atomic E-state index is 0.0579. The second-order valence-electron chi connectivity index (χ2n) is 5.00. The zero-order valence-corrected chi connectivity index (χ0v) is 12.4. The number of hydrogen-bond acceptors (Lipinski definition) is 4.